The largest absolute Gasteiger partial charge is 0.480 e. The van der Waals surface area contributed by atoms with Crippen LogP contribution >= 0.6 is 0 Å². The molecule has 0 atom stereocenters. The van der Waals surface area contributed by atoms with Crippen LogP contribution in [0.1, 0.15) is 11.1 Å². The Kier molecular flexibility index (Phi) is 4.66. The molecule has 1 aliphatic rings. The molecule has 20 heavy (non-hydrogen) atoms. The standard InChI is InChI=1S/C14H16FN3O2/c15-13-2-1-11(7-12(13)8-16)9-17-3-5-18(6-4-17)10-14(19)20/h1-2,7H,3-6,9-10H2,(H,19,20). The van der Waals surface area contributed by atoms with Gasteiger partial charge in [-0.2, -0.15) is 5.26 Å². The number of hydrogen-bond acceptors (Lipinski definition) is 4. The molecule has 0 saturated carbocycles. The van der Waals surface area contributed by atoms with E-state index >= 15 is 0 Å². The first-order valence-corrected chi connectivity index (χ1v) is 6.43. The van der Waals surface area contributed by atoms with E-state index in [1.165, 1.54) is 6.07 Å². The Morgan fingerprint density at radius 3 is 2.55 bits per heavy atom. The van der Waals surface area contributed by atoms with Crippen LogP contribution in [0.3, 0.4) is 0 Å². The Morgan fingerprint density at radius 1 is 1.30 bits per heavy atom. The van der Waals surface area contributed by atoms with E-state index in [1.54, 1.807) is 12.1 Å². The highest BCUT2D eigenvalue weighted by molar-refractivity contribution is 5.69. The monoisotopic (exact) mass is 277 g/mol. The van der Waals surface area contributed by atoms with E-state index in [0.717, 1.165) is 18.7 Å². The highest BCUT2D eigenvalue weighted by Crippen LogP contribution is 2.13. The summed E-state index contributed by atoms with van der Waals surface area (Å²) in [5, 5.41) is 17.5. The van der Waals surface area contributed by atoms with Crippen molar-refractivity contribution in [3.63, 3.8) is 0 Å². The normalized spacial score (nSPS) is 16.8. The van der Waals surface area contributed by atoms with Gasteiger partial charge in [-0.15, -0.1) is 0 Å². The molecule has 106 valence electrons. The third-order valence-corrected chi connectivity index (χ3v) is 3.38. The average molecular weight is 277 g/mol. The summed E-state index contributed by atoms with van der Waals surface area (Å²) >= 11 is 0. The molecule has 0 radical (unpaired) electrons. The summed E-state index contributed by atoms with van der Waals surface area (Å²) in [5.41, 5.74) is 0.960. The van der Waals surface area contributed by atoms with Crippen molar-refractivity contribution in [2.45, 2.75) is 6.54 Å². The number of carboxylic acids is 1. The van der Waals surface area contributed by atoms with Gasteiger partial charge in [-0.3, -0.25) is 14.6 Å². The van der Waals surface area contributed by atoms with E-state index < -0.39 is 11.8 Å². The molecule has 0 unspecified atom stereocenters. The first kappa shape index (κ1) is 14.4. The van der Waals surface area contributed by atoms with Gasteiger partial charge in [0.15, 0.2) is 0 Å². The zero-order valence-corrected chi connectivity index (χ0v) is 11.0. The van der Waals surface area contributed by atoms with Gasteiger partial charge in [0.2, 0.25) is 0 Å². The van der Waals surface area contributed by atoms with E-state index in [2.05, 4.69) is 4.90 Å². The van der Waals surface area contributed by atoms with Gasteiger partial charge < -0.3 is 5.11 Å². The highest BCUT2D eigenvalue weighted by Gasteiger charge is 2.18. The second kappa shape index (κ2) is 6.46. The molecule has 1 heterocycles. The minimum Gasteiger partial charge on any atom is -0.480 e. The van der Waals surface area contributed by atoms with Gasteiger partial charge in [-0.25, -0.2) is 4.39 Å². The van der Waals surface area contributed by atoms with Crippen molar-refractivity contribution in [3.05, 3.63) is 35.1 Å². The fourth-order valence-corrected chi connectivity index (χ4v) is 2.31. The second-order valence-corrected chi connectivity index (χ2v) is 4.87. The number of hydrogen-bond donors (Lipinski definition) is 1. The third kappa shape index (κ3) is 3.76. The number of piperazine rings is 1. The van der Waals surface area contributed by atoms with Crippen LogP contribution in [-0.2, 0) is 11.3 Å². The molecule has 2 rings (SSSR count). The van der Waals surface area contributed by atoms with Crippen molar-refractivity contribution in [1.29, 1.82) is 5.26 Å². The maximum Gasteiger partial charge on any atom is 0.317 e. The first-order valence-electron chi connectivity index (χ1n) is 6.43. The van der Waals surface area contributed by atoms with Gasteiger partial charge >= 0.3 is 5.97 Å². The summed E-state index contributed by atoms with van der Waals surface area (Å²) in [6.45, 7) is 3.68. The first-order chi connectivity index (χ1) is 9.58. The Morgan fingerprint density at radius 2 is 1.95 bits per heavy atom. The van der Waals surface area contributed by atoms with Crippen LogP contribution in [-0.4, -0.2) is 53.6 Å². The van der Waals surface area contributed by atoms with Gasteiger partial charge in [0.1, 0.15) is 11.9 Å². The lowest BCUT2D eigenvalue weighted by Crippen LogP contribution is -2.47. The molecule has 1 aromatic rings. The van der Waals surface area contributed by atoms with Crippen LogP contribution in [0.15, 0.2) is 18.2 Å². The van der Waals surface area contributed by atoms with Crippen LogP contribution in [0.25, 0.3) is 0 Å². The van der Waals surface area contributed by atoms with Gasteiger partial charge in [0.05, 0.1) is 12.1 Å². The lowest BCUT2D eigenvalue weighted by atomic mass is 10.1. The molecule has 0 aliphatic carbocycles. The van der Waals surface area contributed by atoms with Crippen LogP contribution in [0.4, 0.5) is 4.39 Å². The summed E-state index contributed by atoms with van der Waals surface area (Å²) in [7, 11) is 0. The van der Waals surface area contributed by atoms with E-state index in [-0.39, 0.29) is 12.1 Å². The molecule has 1 saturated heterocycles. The summed E-state index contributed by atoms with van der Waals surface area (Å²) in [4.78, 5) is 14.7. The molecular weight excluding hydrogens is 261 g/mol. The van der Waals surface area contributed by atoms with E-state index in [0.29, 0.717) is 19.6 Å². The smallest absolute Gasteiger partial charge is 0.317 e. The molecule has 0 amide bonds. The lowest BCUT2D eigenvalue weighted by molar-refractivity contribution is -0.138. The van der Waals surface area contributed by atoms with Crippen molar-refractivity contribution >= 4 is 5.97 Å². The number of aliphatic carboxylic acids is 1. The van der Waals surface area contributed by atoms with Crippen molar-refractivity contribution < 1.29 is 14.3 Å². The fourth-order valence-electron chi connectivity index (χ4n) is 2.31. The Labute approximate surface area is 116 Å². The molecular formula is C14H16FN3O2. The van der Waals surface area contributed by atoms with Crippen LogP contribution < -0.4 is 0 Å². The maximum absolute atomic E-state index is 13.2. The third-order valence-electron chi connectivity index (χ3n) is 3.38. The molecule has 1 N–H and O–H groups in total. The summed E-state index contributed by atoms with van der Waals surface area (Å²) in [6, 6.07) is 6.40. The van der Waals surface area contributed by atoms with Gasteiger partial charge in [-0.1, -0.05) is 6.07 Å². The highest BCUT2D eigenvalue weighted by atomic mass is 19.1. The second-order valence-electron chi connectivity index (χ2n) is 4.87. The predicted octanol–water partition coefficient (Wildman–Crippen LogP) is 0.900. The van der Waals surface area contributed by atoms with Gasteiger partial charge in [-0.05, 0) is 17.7 Å². The quantitative estimate of drug-likeness (QED) is 0.885. The summed E-state index contributed by atoms with van der Waals surface area (Å²) in [6.07, 6.45) is 0. The topological polar surface area (TPSA) is 67.6 Å². The number of benzene rings is 1. The molecule has 6 heteroatoms. The van der Waals surface area contributed by atoms with Crippen molar-refractivity contribution in [1.82, 2.24) is 9.80 Å². The Balaban J connectivity index is 1.90. The number of carboxylic acid groups (broad SMARTS) is 1. The predicted molar refractivity (Wildman–Crippen MR) is 70.5 cm³/mol. The number of carbonyl (C=O) groups is 1. The molecule has 1 aliphatic heterocycles. The van der Waals surface area contributed by atoms with Crippen LogP contribution in [0, 0.1) is 17.1 Å². The lowest BCUT2D eigenvalue weighted by Gasteiger charge is -2.33. The minimum atomic E-state index is -0.810. The summed E-state index contributed by atoms with van der Waals surface area (Å²) in [5.74, 6) is -1.31. The van der Waals surface area contributed by atoms with Crippen molar-refractivity contribution in [2.24, 2.45) is 0 Å². The van der Waals surface area contributed by atoms with Crippen molar-refractivity contribution in [3.8, 4) is 6.07 Å². The van der Waals surface area contributed by atoms with E-state index in [1.807, 2.05) is 11.0 Å². The average Bonchev–Trinajstić information content (AvgIpc) is 2.42. The number of rotatable bonds is 4. The number of nitrogens with zero attached hydrogens (tertiary/aromatic N) is 3. The molecule has 0 bridgehead atoms. The zero-order valence-electron chi connectivity index (χ0n) is 11.0. The molecule has 0 spiro atoms. The van der Waals surface area contributed by atoms with E-state index in [4.69, 9.17) is 10.4 Å². The van der Waals surface area contributed by atoms with E-state index in [9.17, 15) is 9.18 Å². The Hall–Kier alpha value is -1.97. The molecule has 1 aromatic carbocycles. The number of halogens is 1. The fraction of sp³-hybridized carbons (Fsp3) is 0.429. The molecule has 1 fully saturated rings. The zero-order chi connectivity index (χ0) is 14.5. The SMILES string of the molecule is N#Cc1cc(CN2CCN(CC(=O)O)CC2)ccc1F. The molecule has 5 nitrogen and oxygen atoms in total. The van der Waals surface area contributed by atoms with Crippen LogP contribution in [0.2, 0.25) is 0 Å². The van der Waals surface area contributed by atoms with Crippen molar-refractivity contribution in [2.75, 3.05) is 32.7 Å². The van der Waals surface area contributed by atoms with Gasteiger partial charge in [0.25, 0.3) is 0 Å². The molecule has 0 aromatic heterocycles. The van der Waals surface area contributed by atoms with Crippen LogP contribution in [0.5, 0.6) is 0 Å². The Bertz CT molecular complexity index is 534. The maximum atomic E-state index is 13.2. The number of nitriles is 1. The van der Waals surface area contributed by atoms with Gasteiger partial charge in [0, 0.05) is 32.7 Å². The minimum absolute atomic E-state index is 0.0620. The summed E-state index contributed by atoms with van der Waals surface area (Å²) < 4.78 is 13.2.